The molecule has 1 heterocycles. The van der Waals surface area contributed by atoms with Crippen molar-refractivity contribution >= 4 is 23.4 Å². The largest absolute Gasteiger partial charge is 0.397 e. The van der Waals surface area contributed by atoms with Gasteiger partial charge in [-0.2, -0.15) is 0 Å². The van der Waals surface area contributed by atoms with Gasteiger partial charge in [-0.05, 0) is 12.0 Å². The number of primary amides is 1. The lowest BCUT2D eigenvalue weighted by atomic mass is 10.2. The summed E-state index contributed by atoms with van der Waals surface area (Å²) in [5, 5.41) is 0.784. The van der Waals surface area contributed by atoms with E-state index in [9.17, 15) is 4.79 Å². The smallest absolute Gasteiger partial charge is 0.250 e. The molecule has 5 heteroatoms. The fourth-order valence-corrected chi connectivity index (χ4v) is 1.82. The molecule has 0 saturated heterocycles. The molecule has 82 valence electrons. The van der Waals surface area contributed by atoms with Gasteiger partial charge < -0.3 is 11.5 Å². The van der Waals surface area contributed by atoms with E-state index in [2.05, 4.69) is 18.8 Å². The molecule has 0 aliphatic rings. The minimum Gasteiger partial charge on any atom is -0.397 e. The molecule has 1 aromatic rings. The third-order valence-electron chi connectivity index (χ3n) is 1.74. The van der Waals surface area contributed by atoms with Gasteiger partial charge in [0.05, 0.1) is 22.5 Å². The second-order valence-electron chi connectivity index (χ2n) is 3.68. The van der Waals surface area contributed by atoms with E-state index in [1.807, 2.05) is 0 Å². The number of nitrogens with two attached hydrogens (primary N) is 2. The van der Waals surface area contributed by atoms with E-state index < -0.39 is 5.91 Å². The monoisotopic (exact) mass is 225 g/mol. The second-order valence-corrected chi connectivity index (χ2v) is 4.72. The van der Waals surface area contributed by atoms with Crippen molar-refractivity contribution in [3.63, 3.8) is 0 Å². The summed E-state index contributed by atoms with van der Waals surface area (Å²) in [6.07, 6.45) is 1.47. The molecular weight excluding hydrogens is 210 g/mol. The van der Waals surface area contributed by atoms with Gasteiger partial charge in [0.15, 0.2) is 0 Å². The van der Waals surface area contributed by atoms with Crippen molar-refractivity contribution in [1.82, 2.24) is 4.98 Å². The number of pyridine rings is 1. The van der Waals surface area contributed by atoms with Crippen LogP contribution in [0.2, 0.25) is 0 Å². The van der Waals surface area contributed by atoms with E-state index in [1.165, 1.54) is 6.20 Å². The first-order valence-corrected chi connectivity index (χ1v) is 5.67. The summed E-state index contributed by atoms with van der Waals surface area (Å²) in [5.74, 6) is 1.02. The summed E-state index contributed by atoms with van der Waals surface area (Å²) in [5.41, 5.74) is 11.4. The number of anilines is 1. The molecule has 0 bridgehead atoms. The molecular formula is C10H15N3OS. The third kappa shape index (κ3) is 3.43. The second kappa shape index (κ2) is 5.02. The summed E-state index contributed by atoms with van der Waals surface area (Å²) in [6, 6.07) is 1.64. The SMILES string of the molecule is CC(C)CSc1cc(C(N)=O)c(N)cn1. The van der Waals surface area contributed by atoms with Crippen LogP contribution in [-0.4, -0.2) is 16.6 Å². The zero-order chi connectivity index (χ0) is 11.4. The summed E-state index contributed by atoms with van der Waals surface area (Å²) in [4.78, 5) is 15.1. The summed E-state index contributed by atoms with van der Waals surface area (Å²) >= 11 is 1.59. The van der Waals surface area contributed by atoms with Crippen molar-refractivity contribution in [2.75, 3.05) is 11.5 Å². The van der Waals surface area contributed by atoms with Crippen molar-refractivity contribution < 1.29 is 4.79 Å². The number of amides is 1. The number of carbonyl (C=O) groups excluding carboxylic acids is 1. The van der Waals surface area contributed by atoms with E-state index in [4.69, 9.17) is 11.5 Å². The number of thioether (sulfide) groups is 1. The maximum atomic E-state index is 11.0. The minimum absolute atomic E-state index is 0.330. The van der Waals surface area contributed by atoms with Gasteiger partial charge in [-0.1, -0.05) is 13.8 Å². The van der Waals surface area contributed by atoms with E-state index >= 15 is 0 Å². The Morgan fingerprint density at radius 1 is 1.60 bits per heavy atom. The lowest BCUT2D eigenvalue weighted by Gasteiger charge is -2.06. The van der Waals surface area contributed by atoms with Gasteiger partial charge in [-0.25, -0.2) is 4.98 Å². The first-order valence-electron chi connectivity index (χ1n) is 4.69. The Labute approximate surface area is 93.4 Å². The maximum Gasteiger partial charge on any atom is 0.250 e. The van der Waals surface area contributed by atoms with Gasteiger partial charge in [0.2, 0.25) is 0 Å². The molecule has 1 rings (SSSR count). The molecule has 0 fully saturated rings. The molecule has 0 aromatic carbocycles. The molecule has 1 aromatic heterocycles. The van der Waals surface area contributed by atoms with E-state index in [-0.39, 0.29) is 0 Å². The number of carbonyl (C=O) groups is 1. The topological polar surface area (TPSA) is 82.0 Å². The van der Waals surface area contributed by atoms with Crippen LogP contribution < -0.4 is 11.5 Å². The Kier molecular flexibility index (Phi) is 3.96. The molecule has 0 atom stereocenters. The molecule has 4 nitrogen and oxygen atoms in total. The van der Waals surface area contributed by atoms with Crippen molar-refractivity contribution in [2.45, 2.75) is 18.9 Å². The molecule has 0 aliphatic carbocycles. The molecule has 1 amide bonds. The van der Waals surface area contributed by atoms with Crippen molar-refractivity contribution in [2.24, 2.45) is 11.7 Å². The zero-order valence-electron chi connectivity index (χ0n) is 8.86. The molecule has 0 saturated carbocycles. The Morgan fingerprint density at radius 3 is 2.80 bits per heavy atom. The molecule has 0 spiro atoms. The lowest BCUT2D eigenvalue weighted by Crippen LogP contribution is -2.14. The molecule has 0 radical (unpaired) electrons. The average molecular weight is 225 g/mol. The van der Waals surface area contributed by atoms with Crippen LogP contribution in [0, 0.1) is 5.92 Å². The number of hydrogen-bond acceptors (Lipinski definition) is 4. The number of nitrogen functional groups attached to an aromatic ring is 1. The van der Waals surface area contributed by atoms with Crippen molar-refractivity contribution in [1.29, 1.82) is 0 Å². The van der Waals surface area contributed by atoms with E-state index in [0.717, 1.165) is 10.8 Å². The van der Waals surface area contributed by atoms with Gasteiger partial charge in [-0.3, -0.25) is 4.79 Å². The van der Waals surface area contributed by atoms with Crippen LogP contribution in [0.1, 0.15) is 24.2 Å². The van der Waals surface area contributed by atoms with Gasteiger partial charge >= 0.3 is 0 Å². The third-order valence-corrected chi connectivity index (χ3v) is 3.09. The molecule has 4 N–H and O–H groups in total. The Hall–Kier alpha value is -1.23. The first-order chi connectivity index (χ1) is 7.00. The van der Waals surface area contributed by atoms with Gasteiger partial charge in [0, 0.05) is 5.75 Å². The van der Waals surface area contributed by atoms with Gasteiger partial charge in [0.1, 0.15) is 0 Å². The van der Waals surface area contributed by atoms with Crippen molar-refractivity contribution in [3.05, 3.63) is 17.8 Å². The average Bonchev–Trinajstić information content (AvgIpc) is 2.16. The quantitative estimate of drug-likeness (QED) is 0.761. The highest BCUT2D eigenvalue weighted by molar-refractivity contribution is 7.99. The van der Waals surface area contributed by atoms with Crippen molar-refractivity contribution in [3.8, 4) is 0 Å². The standard InChI is InChI=1S/C10H15N3OS/c1-6(2)5-15-9-3-7(10(12)14)8(11)4-13-9/h3-4,6H,5,11H2,1-2H3,(H2,12,14). The fourth-order valence-electron chi connectivity index (χ4n) is 0.991. The lowest BCUT2D eigenvalue weighted by molar-refractivity contribution is 0.100. The summed E-state index contributed by atoms with van der Waals surface area (Å²) in [6.45, 7) is 4.25. The minimum atomic E-state index is -0.513. The predicted molar refractivity (Wildman–Crippen MR) is 62.7 cm³/mol. The number of hydrogen-bond donors (Lipinski definition) is 2. The summed E-state index contributed by atoms with van der Waals surface area (Å²) < 4.78 is 0. The van der Waals surface area contributed by atoms with Gasteiger partial charge in [0.25, 0.3) is 5.91 Å². The maximum absolute atomic E-state index is 11.0. The Bertz CT molecular complexity index is 366. The van der Waals surface area contributed by atoms with Crippen LogP contribution in [0.5, 0.6) is 0 Å². The Balaban J connectivity index is 2.83. The number of aromatic nitrogens is 1. The highest BCUT2D eigenvalue weighted by atomic mass is 32.2. The van der Waals surface area contributed by atoms with Crippen LogP contribution in [0.25, 0.3) is 0 Å². The van der Waals surface area contributed by atoms with E-state index in [0.29, 0.717) is 17.2 Å². The van der Waals surface area contributed by atoms with E-state index in [1.54, 1.807) is 17.8 Å². The van der Waals surface area contributed by atoms with Crippen LogP contribution in [-0.2, 0) is 0 Å². The first kappa shape index (κ1) is 11.8. The van der Waals surface area contributed by atoms with Crippen LogP contribution >= 0.6 is 11.8 Å². The zero-order valence-corrected chi connectivity index (χ0v) is 9.67. The number of nitrogens with zero attached hydrogens (tertiary/aromatic N) is 1. The molecule has 0 unspecified atom stereocenters. The molecule has 0 aliphatic heterocycles. The van der Waals surface area contributed by atoms with Gasteiger partial charge in [-0.15, -0.1) is 11.8 Å². The fraction of sp³-hybridized carbons (Fsp3) is 0.400. The normalized spacial score (nSPS) is 10.6. The Morgan fingerprint density at radius 2 is 2.27 bits per heavy atom. The van der Waals surface area contributed by atoms with Crippen LogP contribution in [0.3, 0.4) is 0 Å². The number of rotatable bonds is 4. The highest BCUT2D eigenvalue weighted by Gasteiger charge is 2.08. The predicted octanol–water partition coefficient (Wildman–Crippen LogP) is 1.51. The summed E-state index contributed by atoms with van der Waals surface area (Å²) in [7, 11) is 0. The molecule has 15 heavy (non-hydrogen) atoms. The van der Waals surface area contributed by atoms with Crippen LogP contribution in [0.4, 0.5) is 5.69 Å². The van der Waals surface area contributed by atoms with Crippen LogP contribution in [0.15, 0.2) is 17.3 Å². The highest BCUT2D eigenvalue weighted by Crippen LogP contribution is 2.21.